The molecule has 4 rings (SSSR count). The van der Waals surface area contributed by atoms with E-state index < -0.39 is 0 Å². The Morgan fingerprint density at radius 1 is 1.10 bits per heavy atom. The van der Waals surface area contributed by atoms with Gasteiger partial charge in [-0.2, -0.15) is 0 Å². The van der Waals surface area contributed by atoms with Crippen LogP contribution in [0.5, 0.6) is 0 Å². The van der Waals surface area contributed by atoms with E-state index in [0.717, 1.165) is 32.5 Å². The molecule has 2 aliphatic heterocycles. The van der Waals surface area contributed by atoms with Crippen LogP contribution in [0.4, 0.5) is 11.4 Å². The van der Waals surface area contributed by atoms with Crippen LogP contribution < -0.4 is 20.8 Å². The van der Waals surface area contributed by atoms with Gasteiger partial charge in [0.15, 0.2) is 5.43 Å². The van der Waals surface area contributed by atoms with Crippen LogP contribution in [-0.2, 0) is 0 Å². The summed E-state index contributed by atoms with van der Waals surface area (Å²) in [5.41, 5.74) is 2.10. The van der Waals surface area contributed by atoms with Crippen molar-refractivity contribution in [2.24, 2.45) is 0 Å². The van der Waals surface area contributed by atoms with Crippen LogP contribution >= 0.6 is 11.8 Å². The Hall–Kier alpha value is -2.26. The maximum absolute atomic E-state index is 12.5. The maximum atomic E-state index is 12.5. The highest BCUT2D eigenvalue weighted by molar-refractivity contribution is 7.99. The molecule has 0 atom stereocenters. The molecule has 2 nitrogen and oxygen atoms in total. The van der Waals surface area contributed by atoms with E-state index in [-0.39, 0.29) is 5.43 Å². The number of fused-ring (bicyclic) bond motifs is 2. The third-order valence-corrected chi connectivity index (χ3v) is 4.69. The Kier molecular flexibility index (Phi) is 2.93. The van der Waals surface area contributed by atoms with Crippen molar-refractivity contribution < 1.29 is 0 Å². The van der Waals surface area contributed by atoms with Gasteiger partial charge in [0.2, 0.25) is 0 Å². The van der Waals surface area contributed by atoms with Crippen molar-refractivity contribution in [2.75, 3.05) is 10.7 Å². The largest absolute Gasteiger partial charge is 0.316 e. The molecule has 2 aromatic rings. The second-order valence-corrected chi connectivity index (χ2v) is 6.06. The molecule has 0 bridgehead atoms. The fourth-order valence-electron chi connectivity index (χ4n) is 2.70. The number of hydrogen-bond acceptors (Lipinski definition) is 3. The zero-order valence-corrected chi connectivity index (χ0v) is 12.1. The van der Waals surface area contributed by atoms with Gasteiger partial charge in [-0.15, -0.1) is 11.8 Å². The molecule has 2 aliphatic rings. The SMILES string of the molecule is O=c1cc2c(cc3c1=CCS3)=CC=CN2c1ccccc1. The molecule has 0 aromatic heterocycles. The predicted octanol–water partition coefficient (Wildman–Crippen LogP) is 2.38. The molecule has 2 heterocycles. The molecule has 102 valence electrons. The summed E-state index contributed by atoms with van der Waals surface area (Å²) in [5, 5.41) is 1.93. The molecule has 0 saturated carbocycles. The Morgan fingerprint density at radius 2 is 1.95 bits per heavy atom. The topological polar surface area (TPSA) is 20.3 Å². The lowest BCUT2D eigenvalue weighted by Crippen LogP contribution is -2.23. The predicted molar refractivity (Wildman–Crippen MR) is 89.3 cm³/mol. The molecule has 21 heavy (non-hydrogen) atoms. The number of anilines is 2. The van der Waals surface area contributed by atoms with E-state index in [1.54, 1.807) is 17.8 Å². The van der Waals surface area contributed by atoms with Crippen LogP contribution in [0, 0.1) is 0 Å². The van der Waals surface area contributed by atoms with Gasteiger partial charge in [-0.1, -0.05) is 30.4 Å². The van der Waals surface area contributed by atoms with E-state index in [2.05, 4.69) is 17.0 Å². The molecule has 0 saturated heterocycles. The number of allylic oxidation sites excluding steroid dienone is 1. The minimum atomic E-state index is 0.0980. The third-order valence-electron chi connectivity index (χ3n) is 3.71. The van der Waals surface area contributed by atoms with Crippen LogP contribution in [0.25, 0.3) is 12.2 Å². The molecule has 0 unspecified atom stereocenters. The van der Waals surface area contributed by atoms with Gasteiger partial charge in [-0.05, 0) is 29.5 Å². The smallest absolute Gasteiger partial charge is 0.188 e. The van der Waals surface area contributed by atoms with Gasteiger partial charge in [-0.3, -0.25) is 4.79 Å². The first-order valence-corrected chi connectivity index (χ1v) is 7.86. The standard InChI is InChI=1S/C18H13NOS/c20-17-12-16-13(11-18-15(17)8-10-21-18)5-4-9-19(16)14-6-2-1-3-7-14/h1-9,11-12H,10H2. The average molecular weight is 291 g/mol. The minimum absolute atomic E-state index is 0.0980. The number of nitrogens with zero attached hydrogens (tertiary/aromatic N) is 1. The lowest BCUT2D eigenvalue weighted by Gasteiger charge is -2.22. The van der Waals surface area contributed by atoms with Crippen LogP contribution in [0.1, 0.15) is 0 Å². The Morgan fingerprint density at radius 3 is 2.81 bits per heavy atom. The highest BCUT2D eigenvalue weighted by atomic mass is 32.2. The molecular weight excluding hydrogens is 278 g/mol. The number of benzene rings is 1. The van der Waals surface area contributed by atoms with Gasteiger partial charge < -0.3 is 4.90 Å². The number of thioether (sulfide) groups is 1. The molecule has 0 aliphatic carbocycles. The van der Waals surface area contributed by atoms with E-state index in [4.69, 9.17) is 0 Å². The number of para-hydroxylation sites is 1. The number of rotatable bonds is 1. The lowest BCUT2D eigenvalue weighted by atomic mass is 10.2. The Labute approximate surface area is 126 Å². The summed E-state index contributed by atoms with van der Waals surface area (Å²) in [7, 11) is 0. The number of hydrogen-bond donors (Lipinski definition) is 0. The quantitative estimate of drug-likeness (QED) is 0.804. The fraction of sp³-hybridized carbons (Fsp3) is 0.0556. The monoisotopic (exact) mass is 291 g/mol. The zero-order chi connectivity index (χ0) is 14.2. The van der Waals surface area contributed by atoms with Crippen LogP contribution in [0.3, 0.4) is 0 Å². The summed E-state index contributed by atoms with van der Waals surface area (Å²) in [6, 6.07) is 14.0. The minimum Gasteiger partial charge on any atom is -0.316 e. The van der Waals surface area contributed by atoms with Crippen molar-refractivity contribution in [1.29, 1.82) is 0 Å². The van der Waals surface area contributed by atoms with Crippen molar-refractivity contribution in [1.82, 2.24) is 0 Å². The van der Waals surface area contributed by atoms with Crippen LogP contribution in [-0.4, -0.2) is 5.75 Å². The molecule has 2 aromatic carbocycles. The molecule has 0 N–H and O–H groups in total. The van der Waals surface area contributed by atoms with E-state index in [1.165, 1.54) is 0 Å². The van der Waals surface area contributed by atoms with E-state index in [1.807, 2.05) is 48.7 Å². The highest BCUT2D eigenvalue weighted by Gasteiger charge is 2.13. The first kappa shape index (κ1) is 12.5. The van der Waals surface area contributed by atoms with Gasteiger partial charge in [0.1, 0.15) is 0 Å². The van der Waals surface area contributed by atoms with Crippen molar-refractivity contribution in [3.63, 3.8) is 0 Å². The Balaban J connectivity index is 2.02. The molecule has 0 radical (unpaired) electrons. The van der Waals surface area contributed by atoms with E-state index in [0.29, 0.717) is 0 Å². The Bertz CT molecular complexity index is 916. The van der Waals surface area contributed by atoms with Crippen molar-refractivity contribution in [3.05, 3.63) is 75.4 Å². The third kappa shape index (κ3) is 2.10. The second-order valence-electron chi connectivity index (χ2n) is 5.00. The van der Waals surface area contributed by atoms with Gasteiger partial charge in [0, 0.05) is 33.8 Å². The average Bonchev–Trinajstić information content (AvgIpc) is 2.93. The molecule has 0 amide bonds. The molecular formula is C18H13NOS. The lowest BCUT2D eigenvalue weighted by molar-refractivity contribution is 1.26. The second kappa shape index (κ2) is 4.93. The van der Waals surface area contributed by atoms with Crippen molar-refractivity contribution in [3.8, 4) is 0 Å². The van der Waals surface area contributed by atoms with Gasteiger partial charge in [0.05, 0.1) is 5.69 Å². The first-order chi connectivity index (χ1) is 10.3. The summed E-state index contributed by atoms with van der Waals surface area (Å²) >= 11 is 1.73. The molecule has 0 fully saturated rings. The van der Waals surface area contributed by atoms with Gasteiger partial charge >= 0.3 is 0 Å². The maximum Gasteiger partial charge on any atom is 0.188 e. The van der Waals surface area contributed by atoms with Gasteiger partial charge in [-0.25, -0.2) is 0 Å². The fourth-order valence-corrected chi connectivity index (χ4v) is 3.68. The summed E-state index contributed by atoms with van der Waals surface area (Å²) in [6.07, 6.45) is 8.11. The van der Waals surface area contributed by atoms with Crippen LogP contribution in [0.15, 0.2) is 64.4 Å². The summed E-state index contributed by atoms with van der Waals surface area (Å²) in [6.45, 7) is 0. The summed E-state index contributed by atoms with van der Waals surface area (Å²) in [4.78, 5) is 15.6. The molecule has 0 spiro atoms. The van der Waals surface area contributed by atoms with E-state index in [9.17, 15) is 4.79 Å². The van der Waals surface area contributed by atoms with E-state index >= 15 is 0 Å². The highest BCUT2D eigenvalue weighted by Crippen LogP contribution is 2.24. The zero-order valence-electron chi connectivity index (χ0n) is 11.3. The van der Waals surface area contributed by atoms with Crippen LogP contribution in [0.2, 0.25) is 0 Å². The summed E-state index contributed by atoms with van der Waals surface area (Å²) < 4.78 is 0. The first-order valence-electron chi connectivity index (χ1n) is 6.87. The van der Waals surface area contributed by atoms with Crippen molar-refractivity contribution >= 4 is 35.3 Å². The normalized spacial score (nSPS) is 15.0. The summed E-state index contributed by atoms with van der Waals surface area (Å²) in [5.74, 6) is 0.890. The van der Waals surface area contributed by atoms with Gasteiger partial charge in [0.25, 0.3) is 0 Å². The van der Waals surface area contributed by atoms with Crippen molar-refractivity contribution in [2.45, 2.75) is 4.90 Å². The molecule has 3 heteroatoms.